The molecule has 1 amide bonds. The Morgan fingerprint density at radius 2 is 2.30 bits per heavy atom. The van der Waals surface area contributed by atoms with Crippen molar-refractivity contribution in [2.75, 3.05) is 6.54 Å². The summed E-state index contributed by atoms with van der Waals surface area (Å²) in [6.45, 7) is 5.58. The van der Waals surface area contributed by atoms with Crippen molar-refractivity contribution in [1.29, 1.82) is 0 Å². The summed E-state index contributed by atoms with van der Waals surface area (Å²) in [5.41, 5.74) is -0.468. The topological polar surface area (TPSA) is 80.3 Å². The minimum atomic E-state index is -1.16. The van der Waals surface area contributed by atoms with E-state index in [9.17, 15) is 9.90 Å². The standard InChI is InChI=1S/C14H19N3O3/c1-10-6-12(11(2)20-10)14(3,19)8-16-13(18)7-17-5-4-15-9-17/h4-6,9,19H,7-8H2,1-3H3,(H,16,18)/t14-/m1/s1. The average molecular weight is 277 g/mol. The van der Waals surface area contributed by atoms with Crippen LogP contribution in [-0.4, -0.2) is 27.1 Å². The maximum absolute atomic E-state index is 11.8. The van der Waals surface area contributed by atoms with Gasteiger partial charge in [0.2, 0.25) is 5.91 Å². The largest absolute Gasteiger partial charge is 0.466 e. The Bertz CT molecular complexity index is 585. The van der Waals surface area contributed by atoms with Crippen molar-refractivity contribution in [1.82, 2.24) is 14.9 Å². The van der Waals surface area contributed by atoms with Crippen LogP contribution < -0.4 is 5.32 Å². The summed E-state index contributed by atoms with van der Waals surface area (Å²) in [4.78, 5) is 15.7. The first-order valence-electron chi connectivity index (χ1n) is 6.41. The van der Waals surface area contributed by atoms with Crippen LogP contribution in [0, 0.1) is 13.8 Å². The van der Waals surface area contributed by atoms with Gasteiger partial charge in [0.1, 0.15) is 23.7 Å². The molecule has 2 aromatic heterocycles. The number of nitrogens with zero attached hydrogens (tertiary/aromatic N) is 2. The van der Waals surface area contributed by atoms with Crippen LogP contribution in [0.5, 0.6) is 0 Å². The van der Waals surface area contributed by atoms with Crippen molar-refractivity contribution in [3.63, 3.8) is 0 Å². The second-order valence-corrected chi connectivity index (χ2v) is 5.11. The molecule has 2 rings (SSSR count). The van der Waals surface area contributed by atoms with Gasteiger partial charge in [-0.15, -0.1) is 0 Å². The fourth-order valence-electron chi connectivity index (χ4n) is 2.13. The van der Waals surface area contributed by atoms with E-state index in [0.717, 1.165) is 5.76 Å². The number of hydrogen-bond donors (Lipinski definition) is 2. The molecule has 0 unspecified atom stereocenters. The van der Waals surface area contributed by atoms with Gasteiger partial charge in [0.05, 0.1) is 12.9 Å². The van der Waals surface area contributed by atoms with Crippen molar-refractivity contribution >= 4 is 5.91 Å². The van der Waals surface area contributed by atoms with E-state index in [1.807, 2.05) is 6.92 Å². The fraction of sp³-hybridized carbons (Fsp3) is 0.429. The van der Waals surface area contributed by atoms with Crippen LogP contribution in [0.15, 0.2) is 29.2 Å². The Hall–Kier alpha value is -2.08. The van der Waals surface area contributed by atoms with Gasteiger partial charge < -0.3 is 19.4 Å². The molecular formula is C14H19N3O3. The van der Waals surface area contributed by atoms with E-state index in [-0.39, 0.29) is 19.0 Å². The normalized spacial score (nSPS) is 14.0. The zero-order chi connectivity index (χ0) is 14.8. The minimum Gasteiger partial charge on any atom is -0.466 e. The number of amides is 1. The highest BCUT2D eigenvalue weighted by Gasteiger charge is 2.28. The smallest absolute Gasteiger partial charge is 0.240 e. The molecule has 0 saturated carbocycles. The van der Waals surface area contributed by atoms with Gasteiger partial charge in [-0.25, -0.2) is 4.98 Å². The molecule has 0 saturated heterocycles. The first kappa shape index (κ1) is 14.3. The number of hydrogen-bond acceptors (Lipinski definition) is 4. The molecule has 0 bridgehead atoms. The van der Waals surface area contributed by atoms with Gasteiger partial charge in [-0.05, 0) is 26.8 Å². The van der Waals surface area contributed by atoms with Crippen LogP contribution in [0.25, 0.3) is 0 Å². The lowest BCUT2D eigenvalue weighted by Crippen LogP contribution is -2.40. The van der Waals surface area contributed by atoms with E-state index in [2.05, 4.69) is 10.3 Å². The van der Waals surface area contributed by atoms with Gasteiger partial charge >= 0.3 is 0 Å². The summed E-state index contributed by atoms with van der Waals surface area (Å²) in [6.07, 6.45) is 4.89. The first-order chi connectivity index (χ1) is 9.38. The Morgan fingerprint density at radius 3 is 2.85 bits per heavy atom. The predicted molar refractivity (Wildman–Crippen MR) is 73.0 cm³/mol. The summed E-state index contributed by atoms with van der Waals surface area (Å²) in [5, 5.41) is 13.2. The first-order valence-corrected chi connectivity index (χ1v) is 6.41. The third-order valence-corrected chi connectivity index (χ3v) is 3.14. The Balaban J connectivity index is 1.95. The van der Waals surface area contributed by atoms with Crippen molar-refractivity contribution in [2.45, 2.75) is 32.9 Å². The van der Waals surface area contributed by atoms with Crippen LogP contribution in [-0.2, 0) is 16.9 Å². The Morgan fingerprint density at radius 1 is 1.55 bits per heavy atom. The molecule has 2 aromatic rings. The molecule has 2 N–H and O–H groups in total. The van der Waals surface area contributed by atoms with E-state index in [4.69, 9.17) is 4.42 Å². The third kappa shape index (κ3) is 3.27. The van der Waals surface area contributed by atoms with Gasteiger partial charge in [-0.2, -0.15) is 0 Å². The molecule has 0 aromatic carbocycles. The van der Waals surface area contributed by atoms with E-state index in [1.54, 1.807) is 43.2 Å². The minimum absolute atomic E-state index is 0.125. The summed E-state index contributed by atoms with van der Waals surface area (Å²) < 4.78 is 7.07. The highest BCUT2D eigenvalue weighted by Crippen LogP contribution is 2.26. The molecule has 0 aliphatic rings. The number of aromatic nitrogens is 2. The van der Waals surface area contributed by atoms with E-state index in [1.165, 1.54) is 0 Å². The van der Waals surface area contributed by atoms with Gasteiger partial charge in [0, 0.05) is 18.0 Å². The number of aliphatic hydroxyl groups is 1. The van der Waals surface area contributed by atoms with Crippen LogP contribution in [0.2, 0.25) is 0 Å². The predicted octanol–water partition coefficient (Wildman–Crippen LogP) is 1.12. The lowest BCUT2D eigenvalue weighted by molar-refractivity contribution is -0.122. The number of aryl methyl sites for hydroxylation is 2. The number of furan rings is 1. The molecule has 0 fully saturated rings. The monoisotopic (exact) mass is 277 g/mol. The summed E-state index contributed by atoms with van der Waals surface area (Å²) in [7, 11) is 0. The maximum atomic E-state index is 11.8. The molecule has 108 valence electrons. The fourth-order valence-corrected chi connectivity index (χ4v) is 2.13. The number of carbonyl (C=O) groups excluding carboxylic acids is 1. The average Bonchev–Trinajstić information content (AvgIpc) is 2.97. The number of carbonyl (C=O) groups is 1. The van der Waals surface area contributed by atoms with E-state index in [0.29, 0.717) is 11.3 Å². The van der Waals surface area contributed by atoms with Gasteiger partial charge in [0.15, 0.2) is 0 Å². The molecule has 0 aliphatic heterocycles. The molecule has 2 heterocycles. The highest BCUT2D eigenvalue weighted by molar-refractivity contribution is 5.75. The summed E-state index contributed by atoms with van der Waals surface area (Å²) in [5.74, 6) is 1.22. The molecule has 6 nitrogen and oxygen atoms in total. The maximum Gasteiger partial charge on any atom is 0.240 e. The summed E-state index contributed by atoms with van der Waals surface area (Å²) >= 11 is 0. The summed E-state index contributed by atoms with van der Waals surface area (Å²) in [6, 6.07) is 1.79. The number of rotatable bonds is 5. The van der Waals surface area contributed by atoms with Crippen molar-refractivity contribution in [3.8, 4) is 0 Å². The van der Waals surface area contributed by atoms with Gasteiger partial charge in [0.25, 0.3) is 0 Å². The third-order valence-electron chi connectivity index (χ3n) is 3.14. The molecule has 0 radical (unpaired) electrons. The van der Waals surface area contributed by atoms with E-state index >= 15 is 0 Å². The van der Waals surface area contributed by atoms with Gasteiger partial charge in [-0.3, -0.25) is 4.79 Å². The molecule has 20 heavy (non-hydrogen) atoms. The highest BCUT2D eigenvalue weighted by atomic mass is 16.3. The van der Waals surface area contributed by atoms with Crippen LogP contribution >= 0.6 is 0 Å². The van der Waals surface area contributed by atoms with Crippen molar-refractivity contribution in [2.24, 2.45) is 0 Å². The SMILES string of the molecule is Cc1cc([C@](C)(O)CNC(=O)Cn2ccnc2)c(C)o1. The Labute approximate surface area is 117 Å². The molecule has 0 aliphatic carbocycles. The van der Waals surface area contributed by atoms with Crippen LogP contribution in [0.4, 0.5) is 0 Å². The quantitative estimate of drug-likeness (QED) is 0.858. The molecule has 6 heteroatoms. The zero-order valence-electron chi connectivity index (χ0n) is 11.9. The number of nitrogens with one attached hydrogen (secondary N) is 1. The molecule has 0 spiro atoms. The Kier molecular flexibility index (Phi) is 3.94. The lowest BCUT2D eigenvalue weighted by atomic mass is 9.96. The molecular weight excluding hydrogens is 258 g/mol. The van der Waals surface area contributed by atoms with Crippen molar-refractivity contribution < 1.29 is 14.3 Å². The lowest BCUT2D eigenvalue weighted by Gasteiger charge is -2.23. The second kappa shape index (κ2) is 5.50. The van der Waals surface area contributed by atoms with Crippen LogP contribution in [0.1, 0.15) is 24.0 Å². The second-order valence-electron chi connectivity index (χ2n) is 5.11. The van der Waals surface area contributed by atoms with E-state index < -0.39 is 5.60 Å². The zero-order valence-corrected chi connectivity index (χ0v) is 11.9. The molecule has 1 atom stereocenters. The van der Waals surface area contributed by atoms with Gasteiger partial charge in [-0.1, -0.05) is 0 Å². The van der Waals surface area contributed by atoms with Crippen molar-refractivity contribution in [3.05, 3.63) is 41.9 Å². The number of imidazole rings is 1. The van der Waals surface area contributed by atoms with Crippen LogP contribution in [0.3, 0.4) is 0 Å².